The number of benzene rings is 1. The second-order valence-electron chi connectivity index (χ2n) is 8.09. The molecule has 1 fully saturated rings. The predicted molar refractivity (Wildman–Crippen MR) is 107 cm³/mol. The first-order valence-corrected chi connectivity index (χ1v) is 9.96. The van der Waals surface area contributed by atoms with Crippen LogP contribution in [0.25, 0.3) is 0 Å². The molecule has 1 aliphatic carbocycles. The molecule has 0 heterocycles. The van der Waals surface area contributed by atoms with Crippen LogP contribution in [0.5, 0.6) is 5.75 Å². The quantitative estimate of drug-likeness (QED) is 0.672. The van der Waals surface area contributed by atoms with Gasteiger partial charge < -0.3 is 14.8 Å². The average molecular weight is 396 g/mol. The zero-order valence-corrected chi connectivity index (χ0v) is 17.6. The van der Waals surface area contributed by atoms with E-state index in [0.29, 0.717) is 22.8 Å². The van der Waals surface area contributed by atoms with Crippen molar-refractivity contribution in [1.29, 1.82) is 0 Å². The van der Waals surface area contributed by atoms with Crippen LogP contribution in [0, 0.1) is 6.92 Å². The Morgan fingerprint density at radius 3 is 2.37 bits per heavy atom. The van der Waals surface area contributed by atoms with Crippen molar-refractivity contribution in [2.75, 3.05) is 0 Å². The maximum atomic E-state index is 12.1. The smallest absolute Gasteiger partial charge is 0.407 e. The standard InChI is InChI=1S/C21H30ClNO4/c1-6-18(24)17-11-14(22)12-19(13(17)2)26-16-9-7-15(8-10-16)23-20(25)27-21(3,4)5/h11-12,15-16H,6-10H2,1-5H3,(H,23,25)/t15-,16-. The largest absolute Gasteiger partial charge is 0.490 e. The molecular formula is C21H30ClNO4. The first-order valence-electron chi connectivity index (χ1n) is 9.58. The third-order valence-electron chi connectivity index (χ3n) is 4.64. The van der Waals surface area contributed by atoms with Crippen molar-refractivity contribution in [2.45, 2.75) is 84.5 Å². The van der Waals surface area contributed by atoms with Gasteiger partial charge in [0.1, 0.15) is 11.4 Å². The van der Waals surface area contributed by atoms with E-state index in [4.69, 9.17) is 21.1 Å². The van der Waals surface area contributed by atoms with Gasteiger partial charge in [-0.15, -0.1) is 0 Å². The molecule has 5 nitrogen and oxygen atoms in total. The third kappa shape index (κ3) is 6.42. The first-order chi connectivity index (χ1) is 12.6. The van der Waals surface area contributed by atoms with Crippen molar-refractivity contribution in [1.82, 2.24) is 5.32 Å². The Morgan fingerprint density at radius 1 is 1.19 bits per heavy atom. The number of hydrogen-bond donors (Lipinski definition) is 1. The van der Waals surface area contributed by atoms with Crippen LogP contribution in [0.4, 0.5) is 4.79 Å². The molecule has 1 amide bonds. The lowest BCUT2D eigenvalue weighted by molar-refractivity contribution is 0.0470. The van der Waals surface area contributed by atoms with Gasteiger partial charge in [-0.25, -0.2) is 4.79 Å². The predicted octanol–water partition coefficient (Wildman–Crippen LogP) is 5.46. The normalized spacial score (nSPS) is 20.1. The van der Waals surface area contributed by atoms with Crippen LogP contribution in [-0.2, 0) is 4.74 Å². The number of Topliss-reactive ketones (excluding diaryl/α,β-unsaturated/α-hetero) is 1. The Kier molecular flexibility index (Phi) is 7.15. The summed E-state index contributed by atoms with van der Waals surface area (Å²) in [5.41, 5.74) is 0.961. The maximum absolute atomic E-state index is 12.1. The molecule has 27 heavy (non-hydrogen) atoms. The summed E-state index contributed by atoms with van der Waals surface area (Å²) in [6, 6.07) is 3.57. The number of amides is 1. The second kappa shape index (κ2) is 8.96. The van der Waals surface area contributed by atoms with Gasteiger partial charge in [-0.1, -0.05) is 18.5 Å². The van der Waals surface area contributed by atoms with Gasteiger partial charge >= 0.3 is 6.09 Å². The van der Waals surface area contributed by atoms with Crippen LogP contribution in [0.2, 0.25) is 5.02 Å². The molecule has 1 N–H and O–H groups in total. The van der Waals surface area contributed by atoms with Crippen molar-refractivity contribution in [3.8, 4) is 5.75 Å². The van der Waals surface area contributed by atoms with Crippen molar-refractivity contribution in [3.05, 3.63) is 28.3 Å². The molecule has 1 aliphatic rings. The van der Waals surface area contributed by atoms with E-state index < -0.39 is 5.60 Å². The number of ether oxygens (including phenoxy) is 2. The molecule has 0 unspecified atom stereocenters. The fraction of sp³-hybridized carbons (Fsp3) is 0.619. The molecular weight excluding hydrogens is 366 g/mol. The third-order valence-corrected chi connectivity index (χ3v) is 4.85. The summed E-state index contributed by atoms with van der Waals surface area (Å²) >= 11 is 6.18. The monoisotopic (exact) mass is 395 g/mol. The summed E-state index contributed by atoms with van der Waals surface area (Å²) in [5.74, 6) is 0.730. The molecule has 1 aromatic carbocycles. The number of ketones is 1. The minimum atomic E-state index is -0.498. The molecule has 0 aliphatic heterocycles. The highest BCUT2D eigenvalue weighted by Crippen LogP contribution is 2.31. The molecule has 0 saturated heterocycles. The Balaban J connectivity index is 1.93. The summed E-state index contributed by atoms with van der Waals surface area (Å²) in [6.07, 6.45) is 3.40. The number of rotatable bonds is 5. The molecule has 150 valence electrons. The fourth-order valence-electron chi connectivity index (χ4n) is 3.24. The zero-order valence-electron chi connectivity index (χ0n) is 16.9. The van der Waals surface area contributed by atoms with Gasteiger partial charge in [0.25, 0.3) is 0 Å². The van der Waals surface area contributed by atoms with Gasteiger partial charge in [0.15, 0.2) is 5.78 Å². The van der Waals surface area contributed by atoms with Crippen molar-refractivity contribution >= 4 is 23.5 Å². The molecule has 0 radical (unpaired) electrons. The first kappa shape index (κ1) is 21.5. The van der Waals surface area contributed by atoms with Crippen LogP contribution in [0.1, 0.15) is 75.7 Å². The topological polar surface area (TPSA) is 64.6 Å². The van der Waals surface area contributed by atoms with E-state index in [9.17, 15) is 9.59 Å². The maximum Gasteiger partial charge on any atom is 0.407 e. The van der Waals surface area contributed by atoms with Crippen molar-refractivity contribution in [2.24, 2.45) is 0 Å². The van der Waals surface area contributed by atoms with Crippen LogP contribution >= 0.6 is 11.6 Å². The molecule has 0 aromatic heterocycles. The van der Waals surface area contributed by atoms with E-state index in [1.165, 1.54) is 0 Å². The Labute approximate surface area is 166 Å². The number of halogens is 1. The van der Waals surface area contributed by atoms with E-state index in [-0.39, 0.29) is 24.0 Å². The lowest BCUT2D eigenvalue weighted by Gasteiger charge is -2.31. The number of carbonyl (C=O) groups excluding carboxylic acids is 2. The minimum absolute atomic E-state index is 0.0448. The Hall–Kier alpha value is -1.75. The Bertz CT molecular complexity index is 688. The van der Waals surface area contributed by atoms with Gasteiger partial charge in [0, 0.05) is 28.6 Å². The highest BCUT2D eigenvalue weighted by molar-refractivity contribution is 6.31. The minimum Gasteiger partial charge on any atom is -0.490 e. The number of nitrogens with one attached hydrogen (secondary N) is 1. The molecule has 0 atom stereocenters. The summed E-state index contributed by atoms with van der Waals surface area (Å²) in [6.45, 7) is 9.28. The zero-order chi connectivity index (χ0) is 20.2. The number of carbonyl (C=O) groups is 2. The van der Waals surface area contributed by atoms with E-state index >= 15 is 0 Å². The Morgan fingerprint density at radius 2 is 1.81 bits per heavy atom. The van der Waals surface area contributed by atoms with Crippen molar-refractivity contribution in [3.63, 3.8) is 0 Å². The average Bonchev–Trinajstić information content (AvgIpc) is 2.57. The summed E-state index contributed by atoms with van der Waals surface area (Å²) in [4.78, 5) is 24.0. The van der Waals surface area contributed by atoms with Gasteiger partial charge in [-0.05, 0) is 65.5 Å². The summed E-state index contributed by atoms with van der Waals surface area (Å²) in [7, 11) is 0. The van der Waals surface area contributed by atoms with Gasteiger partial charge in [0.05, 0.1) is 6.10 Å². The highest BCUT2D eigenvalue weighted by atomic mass is 35.5. The fourth-order valence-corrected chi connectivity index (χ4v) is 3.44. The van der Waals surface area contributed by atoms with E-state index in [0.717, 1.165) is 31.2 Å². The number of hydrogen-bond acceptors (Lipinski definition) is 4. The molecule has 1 saturated carbocycles. The van der Waals surface area contributed by atoms with Crippen LogP contribution < -0.4 is 10.1 Å². The SMILES string of the molecule is CCC(=O)c1cc(Cl)cc(O[C@H]2CC[C@H](NC(=O)OC(C)(C)C)CC2)c1C. The summed E-state index contributed by atoms with van der Waals surface area (Å²) < 4.78 is 11.5. The molecule has 6 heteroatoms. The molecule has 1 aromatic rings. The van der Waals surface area contributed by atoms with Crippen LogP contribution in [0.3, 0.4) is 0 Å². The van der Waals surface area contributed by atoms with Crippen molar-refractivity contribution < 1.29 is 19.1 Å². The summed E-state index contributed by atoms with van der Waals surface area (Å²) in [5, 5.41) is 3.44. The van der Waals surface area contributed by atoms with E-state index in [1.54, 1.807) is 12.1 Å². The lowest BCUT2D eigenvalue weighted by Crippen LogP contribution is -2.42. The van der Waals surface area contributed by atoms with Crippen LogP contribution in [0.15, 0.2) is 12.1 Å². The van der Waals surface area contributed by atoms with Gasteiger partial charge in [-0.3, -0.25) is 4.79 Å². The number of alkyl carbamates (subject to hydrolysis) is 1. The highest BCUT2D eigenvalue weighted by Gasteiger charge is 2.26. The van der Waals surface area contributed by atoms with Gasteiger partial charge in [-0.2, -0.15) is 0 Å². The second-order valence-corrected chi connectivity index (χ2v) is 8.53. The van der Waals surface area contributed by atoms with E-state index in [2.05, 4.69) is 5.32 Å². The molecule has 0 bridgehead atoms. The van der Waals surface area contributed by atoms with Gasteiger partial charge in [0.2, 0.25) is 0 Å². The molecule has 0 spiro atoms. The van der Waals surface area contributed by atoms with Crippen LogP contribution in [-0.4, -0.2) is 29.6 Å². The van der Waals surface area contributed by atoms with E-state index in [1.807, 2.05) is 34.6 Å². The lowest BCUT2D eigenvalue weighted by atomic mass is 9.93. The molecule has 2 rings (SSSR count).